The molecule has 1 saturated carbocycles. The minimum absolute atomic E-state index is 0.0298. The molecule has 6 unspecified atom stereocenters. The SMILES string of the molecule is O=C(O)C1CCCC(C2NOC(C3CCC(N4CCCC4)NC3)N2)C1. The zero-order valence-electron chi connectivity index (χ0n) is 15.0. The van der Waals surface area contributed by atoms with Crippen molar-refractivity contribution in [2.24, 2.45) is 17.8 Å². The van der Waals surface area contributed by atoms with Gasteiger partial charge in [-0.25, -0.2) is 0 Å². The van der Waals surface area contributed by atoms with Crippen LogP contribution in [0.3, 0.4) is 0 Å². The summed E-state index contributed by atoms with van der Waals surface area (Å²) in [5.74, 6) is -0.0347. The summed E-state index contributed by atoms with van der Waals surface area (Å²) in [6.07, 6.45) is 9.30. The Balaban J connectivity index is 1.25. The minimum atomic E-state index is -0.649. The molecule has 0 bridgehead atoms. The quantitative estimate of drug-likeness (QED) is 0.602. The van der Waals surface area contributed by atoms with Gasteiger partial charge in [-0.05, 0) is 64.0 Å². The van der Waals surface area contributed by atoms with Gasteiger partial charge in [0.2, 0.25) is 0 Å². The number of nitrogens with zero attached hydrogens (tertiary/aromatic N) is 1. The summed E-state index contributed by atoms with van der Waals surface area (Å²) < 4.78 is 0. The molecule has 142 valence electrons. The fourth-order valence-electron chi connectivity index (χ4n) is 5.10. The third-order valence-electron chi connectivity index (χ3n) is 6.64. The van der Waals surface area contributed by atoms with E-state index in [2.05, 4.69) is 21.0 Å². The second-order valence-electron chi connectivity index (χ2n) is 8.27. The van der Waals surface area contributed by atoms with Crippen LogP contribution in [-0.2, 0) is 9.63 Å². The summed E-state index contributed by atoms with van der Waals surface area (Å²) in [7, 11) is 0. The summed E-state index contributed by atoms with van der Waals surface area (Å²) in [5.41, 5.74) is 3.16. The third-order valence-corrected chi connectivity index (χ3v) is 6.64. The lowest BCUT2D eigenvalue weighted by molar-refractivity contribution is -0.143. The van der Waals surface area contributed by atoms with Gasteiger partial charge in [-0.1, -0.05) is 6.42 Å². The van der Waals surface area contributed by atoms with Crippen molar-refractivity contribution in [1.82, 2.24) is 21.0 Å². The van der Waals surface area contributed by atoms with Gasteiger partial charge in [0.15, 0.2) is 0 Å². The molecule has 4 aliphatic rings. The number of nitrogens with one attached hydrogen (secondary N) is 3. The molecule has 7 heteroatoms. The maximum Gasteiger partial charge on any atom is 0.306 e. The molecule has 7 nitrogen and oxygen atoms in total. The molecule has 0 aromatic carbocycles. The Hall–Kier alpha value is -0.730. The lowest BCUT2D eigenvalue weighted by Gasteiger charge is -2.37. The van der Waals surface area contributed by atoms with E-state index in [-0.39, 0.29) is 18.3 Å². The van der Waals surface area contributed by atoms with Gasteiger partial charge in [-0.15, -0.1) is 0 Å². The van der Waals surface area contributed by atoms with Crippen LogP contribution >= 0.6 is 0 Å². The first-order chi connectivity index (χ1) is 12.2. The molecule has 0 amide bonds. The Morgan fingerprint density at radius 1 is 1.04 bits per heavy atom. The Bertz CT molecular complexity index is 463. The summed E-state index contributed by atoms with van der Waals surface area (Å²) in [6.45, 7) is 3.45. The molecule has 3 saturated heterocycles. The highest BCUT2D eigenvalue weighted by Gasteiger charge is 2.40. The molecule has 4 N–H and O–H groups in total. The van der Waals surface area contributed by atoms with Gasteiger partial charge >= 0.3 is 5.97 Å². The molecule has 3 heterocycles. The van der Waals surface area contributed by atoms with E-state index in [0.29, 0.717) is 18.0 Å². The second kappa shape index (κ2) is 7.88. The van der Waals surface area contributed by atoms with Gasteiger partial charge in [0.05, 0.1) is 18.2 Å². The fraction of sp³-hybridized carbons (Fsp3) is 0.944. The molecule has 0 spiro atoms. The van der Waals surface area contributed by atoms with E-state index in [9.17, 15) is 9.90 Å². The van der Waals surface area contributed by atoms with Crippen molar-refractivity contribution in [3.8, 4) is 0 Å². The van der Waals surface area contributed by atoms with Crippen molar-refractivity contribution in [3.63, 3.8) is 0 Å². The molecule has 0 radical (unpaired) electrons. The van der Waals surface area contributed by atoms with Crippen molar-refractivity contribution in [1.29, 1.82) is 0 Å². The van der Waals surface area contributed by atoms with E-state index in [1.807, 2.05) is 0 Å². The number of carboxylic acids is 1. The van der Waals surface area contributed by atoms with Crippen molar-refractivity contribution >= 4 is 5.97 Å². The van der Waals surface area contributed by atoms with Gasteiger partial charge in [0.25, 0.3) is 0 Å². The Morgan fingerprint density at radius 2 is 1.88 bits per heavy atom. The predicted octanol–water partition coefficient (Wildman–Crippen LogP) is 1.08. The first-order valence-electron chi connectivity index (χ1n) is 10.1. The van der Waals surface area contributed by atoms with E-state index in [0.717, 1.165) is 32.2 Å². The predicted molar refractivity (Wildman–Crippen MR) is 93.3 cm³/mol. The zero-order valence-corrected chi connectivity index (χ0v) is 15.0. The molecular weight excluding hydrogens is 320 g/mol. The molecule has 25 heavy (non-hydrogen) atoms. The van der Waals surface area contributed by atoms with Crippen molar-refractivity contribution in [3.05, 3.63) is 0 Å². The minimum Gasteiger partial charge on any atom is -0.481 e. The first-order valence-corrected chi connectivity index (χ1v) is 10.1. The van der Waals surface area contributed by atoms with Crippen LogP contribution in [0.5, 0.6) is 0 Å². The standard InChI is InChI=1S/C18H32N4O3/c23-18(24)13-5-3-4-12(10-13)16-20-17(25-21-16)14-6-7-15(19-11-14)22-8-1-2-9-22/h12-17,19-21H,1-11H2,(H,23,24). The van der Waals surface area contributed by atoms with Crippen molar-refractivity contribution in [2.45, 2.75) is 69.9 Å². The van der Waals surface area contributed by atoms with E-state index >= 15 is 0 Å². The maximum atomic E-state index is 11.3. The highest BCUT2D eigenvalue weighted by atomic mass is 16.7. The number of rotatable bonds is 4. The van der Waals surface area contributed by atoms with E-state index in [1.54, 1.807) is 0 Å². The van der Waals surface area contributed by atoms with Gasteiger partial charge in [-0.3, -0.25) is 19.8 Å². The molecule has 4 fully saturated rings. The van der Waals surface area contributed by atoms with Crippen LogP contribution in [0.15, 0.2) is 0 Å². The van der Waals surface area contributed by atoms with E-state index < -0.39 is 5.97 Å². The molecule has 4 rings (SSSR count). The number of carbonyl (C=O) groups is 1. The monoisotopic (exact) mass is 352 g/mol. The van der Waals surface area contributed by atoms with Gasteiger partial charge in [0, 0.05) is 12.5 Å². The third kappa shape index (κ3) is 4.01. The number of carboxylic acid groups (broad SMARTS) is 1. The van der Waals surface area contributed by atoms with Crippen LogP contribution in [0, 0.1) is 17.8 Å². The maximum absolute atomic E-state index is 11.3. The van der Waals surface area contributed by atoms with Crippen molar-refractivity contribution < 1.29 is 14.7 Å². The zero-order chi connectivity index (χ0) is 17.2. The Kier molecular flexibility index (Phi) is 5.57. The average Bonchev–Trinajstić information content (AvgIpc) is 3.34. The number of piperidine rings is 1. The largest absolute Gasteiger partial charge is 0.481 e. The topological polar surface area (TPSA) is 85.9 Å². The molecule has 1 aliphatic carbocycles. The fourth-order valence-corrected chi connectivity index (χ4v) is 5.10. The molecular formula is C18H32N4O3. The molecule has 6 atom stereocenters. The summed E-state index contributed by atoms with van der Waals surface area (Å²) in [6, 6.07) is 0. The van der Waals surface area contributed by atoms with E-state index in [4.69, 9.17) is 4.84 Å². The van der Waals surface area contributed by atoms with Gasteiger partial charge in [0.1, 0.15) is 6.23 Å². The number of hydrogen-bond acceptors (Lipinski definition) is 6. The average molecular weight is 352 g/mol. The lowest BCUT2D eigenvalue weighted by atomic mass is 9.80. The van der Waals surface area contributed by atoms with Crippen LogP contribution in [0.1, 0.15) is 51.4 Å². The van der Waals surface area contributed by atoms with Crippen LogP contribution in [0.4, 0.5) is 0 Å². The summed E-state index contributed by atoms with van der Waals surface area (Å²) in [5, 5.41) is 16.6. The number of aliphatic carboxylic acids is 1. The molecule has 3 aliphatic heterocycles. The number of hydrogen-bond donors (Lipinski definition) is 4. The van der Waals surface area contributed by atoms with Crippen LogP contribution in [-0.4, -0.2) is 54.2 Å². The lowest BCUT2D eigenvalue weighted by Crippen LogP contribution is -2.53. The van der Waals surface area contributed by atoms with E-state index in [1.165, 1.54) is 38.8 Å². The first kappa shape index (κ1) is 17.7. The van der Waals surface area contributed by atoms with Gasteiger partial charge in [-0.2, -0.15) is 5.48 Å². The summed E-state index contributed by atoms with van der Waals surface area (Å²) in [4.78, 5) is 19.7. The highest BCUT2D eigenvalue weighted by Crippen LogP contribution is 2.33. The van der Waals surface area contributed by atoms with Gasteiger partial charge < -0.3 is 10.4 Å². The number of hydroxylamine groups is 1. The van der Waals surface area contributed by atoms with Crippen LogP contribution < -0.4 is 16.1 Å². The molecule has 0 aromatic heterocycles. The summed E-state index contributed by atoms with van der Waals surface area (Å²) >= 11 is 0. The smallest absolute Gasteiger partial charge is 0.306 e. The van der Waals surface area contributed by atoms with Crippen molar-refractivity contribution in [2.75, 3.05) is 19.6 Å². The Labute approximate surface area is 149 Å². The Morgan fingerprint density at radius 3 is 2.60 bits per heavy atom. The van der Waals surface area contributed by atoms with Crippen LogP contribution in [0.25, 0.3) is 0 Å². The van der Waals surface area contributed by atoms with Crippen LogP contribution in [0.2, 0.25) is 0 Å². The number of likely N-dealkylation sites (tertiary alicyclic amines) is 1. The normalized spacial score (nSPS) is 43.4. The second-order valence-corrected chi connectivity index (χ2v) is 8.27. The highest BCUT2D eigenvalue weighted by molar-refractivity contribution is 5.70. The molecule has 0 aromatic rings.